The van der Waals surface area contributed by atoms with Crippen LogP contribution in [0.3, 0.4) is 0 Å². The smallest absolute Gasteiger partial charge is 0.293 e. The van der Waals surface area contributed by atoms with E-state index in [1.54, 1.807) is 17.4 Å². The molecule has 4 rings (SSSR count). The Kier molecular flexibility index (Phi) is 4.31. The van der Waals surface area contributed by atoms with E-state index in [9.17, 15) is 4.79 Å². The van der Waals surface area contributed by atoms with E-state index in [0.29, 0.717) is 16.8 Å². The number of amides is 1. The second kappa shape index (κ2) is 6.61. The van der Waals surface area contributed by atoms with Crippen molar-refractivity contribution in [1.82, 2.24) is 10.3 Å². The number of rotatable bonds is 3. The number of anilines is 1. The van der Waals surface area contributed by atoms with Gasteiger partial charge in [0.1, 0.15) is 5.58 Å². The molecule has 1 saturated heterocycles. The fraction of sp³-hybridized carbons (Fsp3) is 0.368. The van der Waals surface area contributed by atoms with Gasteiger partial charge >= 0.3 is 0 Å². The van der Waals surface area contributed by atoms with Crippen molar-refractivity contribution >= 4 is 33.3 Å². The van der Waals surface area contributed by atoms with Crippen molar-refractivity contribution in [2.24, 2.45) is 0 Å². The maximum Gasteiger partial charge on any atom is 0.293 e. The third kappa shape index (κ3) is 3.32. The third-order valence-electron chi connectivity index (χ3n) is 4.84. The van der Waals surface area contributed by atoms with Gasteiger partial charge in [-0.3, -0.25) is 10.1 Å². The van der Waals surface area contributed by atoms with Crippen LogP contribution >= 0.6 is 11.3 Å². The Balaban J connectivity index is 1.51. The van der Waals surface area contributed by atoms with Crippen molar-refractivity contribution in [3.8, 4) is 0 Å². The molecule has 0 radical (unpaired) electrons. The number of thiazole rings is 1. The molecule has 0 atom stereocenters. The van der Waals surface area contributed by atoms with Crippen LogP contribution < -0.4 is 10.6 Å². The summed E-state index contributed by atoms with van der Waals surface area (Å²) >= 11 is 1.56. The van der Waals surface area contributed by atoms with E-state index in [4.69, 9.17) is 4.42 Å². The second-order valence-corrected chi connectivity index (χ2v) is 7.69. The molecule has 0 spiro atoms. The zero-order chi connectivity index (χ0) is 17.4. The maximum atomic E-state index is 12.5. The molecule has 1 amide bonds. The van der Waals surface area contributed by atoms with Gasteiger partial charge in [0.2, 0.25) is 0 Å². The van der Waals surface area contributed by atoms with Crippen LogP contribution in [-0.4, -0.2) is 24.0 Å². The Morgan fingerprint density at radius 2 is 2.00 bits per heavy atom. The van der Waals surface area contributed by atoms with Crippen LogP contribution in [0.2, 0.25) is 0 Å². The van der Waals surface area contributed by atoms with Gasteiger partial charge in [0.05, 0.1) is 0 Å². The van der Waals surface area contributed by atoms with Crippen molar-refractivity contribution in [3.63, 3.8) is 0 Å². The van der Waals surface area contributed by atoms with Crippen LogP contribution in [0.25, 0.3) is 11.0 Å². The molecule has 3 heterocycles. The van der Waals surface area contributed by atoms with E-state index in [1.165, 1.54) is 10.4 Å². The summed E-state index contributed by atoms with van der Waals surface area (Å²) in [6.45, 7) is 6.18. The first kappa shape index (κ1) is 16.3. The summed E-state index contributed by atoms with van der Waals surface area (Å²) in [5.74, 6) is 0.609. The maximum absolute atomic E-state index is 12.5. The largest absolute Gasteiger partial charge is 0.451 e. The molecule has 0 bridgehead atoms. The minimum absolute atomic E-state index is 0.252. The van der Waals surface area contributed by atoms with Crippen LogP contribution in [0.15, 0.2) is 28.8 Å². The summed E-state index contributed by atoms with van der Waals surface area (Å²) < 4.78 is 5.72. The molecule has 5 nitrogen and oxygen atoms in total. The molecule has 130 valence electrons. The first-order valence-electron chi connectivity index (χ1n) is 8.59. The second-order valence-electron chi connectivity index (χ2n) is 6.63. The van der Waals surface area contributed by atoms with E-state index in [0.717, 1.165) is 42.5 Å². The Bertz CT molecular complexity index is 883. The van der Waals surface area contributed by atoms with Crippen molar-refractivity contribution in [3.05, 3.63) is 46.2 Å². The van der Waals surface area contributed by atoms with Crippen molar-refractivity contribution in [2.45, 2.75) is 32.6 Å². The number of carbonyl (C=O) groups excluding carboxylic acids is 1. The Morgan fingerprint density at radius 3 is 2.80 bits per heavy atom. The lowest BCUT2D eigenvalue weighted by Gasteiger charge is -2.20. The van der Waals surface area contributed by atoms with Crippen LogP contribution in [0.5, 0.6) is 0 Å². The Labute approximate surface area is 150 Å². The highest BCUT2D eigenvalue weighted by molar-refractivity contribution is 7.15. The average Bonchev–Trinajstić information content (AvgIpc) is 3.23. The molecular formula is C19H21N3O2S. The van der Waals surface area contributed by atoms with Gasteiger partial charge in [-0.25, -0.2) is 4.98 Å². The molecule has 6 heteroatoms. The SMILES string of the molecule is Cc1cc2cc(C(=O)Nc3ncc(C4CCNCC4)s3)oc2cc1C. The van der Waals surface area contributed by atoms with Crippen LogP contribution in [0, 0.1) is 13.8 Å². The number of hydrogen-bond donors (Lipinski definition) is 2. The molecule has 1 aromatic carbocycles. The van der Waals surface area contributed by atoms with E-state index >= 15 is 0 Å². The van der Waals surface area contributed by atoms with Crippen LogP contribution in [-0.2, 0) is 0 Å². The number of aromatic nitrogens is 1. The Morgan fingerprint density at radius 1 is 1.24 bits per heavy atom. The lowest BCUT2D eigenvalue weighted by molar-refractivity contribution is 0.0998. The normalized spacial score (nSPS) is 15.6. The van der Waals surface area contributed by atoms with E-state index < -0.39 is 0 Å². The number of hydrogen-bond acceptors (Lipinski definition) is 5. The highest BCUT2D eigenvalue weighted by atomic mass is 32.1. The zero-order valence-corrected chi connectivity index (χ0v) is 15.2. The fourth-order valence-corrected chi connectivity index (χ4v) is 4.19. The molecule has 0 saturated carbocycles. The molecule has 2 N–H and O–H groups in total. The van der Waals surface area contributed by atoms with Gasteiger partial charge < -0.3 is 9.73 Å². The molecule has 0 unspecified atom stereocenters. The lowest BCUT2D eigenvalue weighted by Crippen LogP contribution is -2.26. The number of furan rings is 1. The number of nitrogens with zero attached hydrogens (tertiary/aromatic N) is 1. The molecule has 0 aliphatic carbocycles. The Hall–Kier alpha value is -2.18. The lowest BCUT2D eigenvalue weighted by atomic mass is 9.97. The summed E-state index contributed by atoms with van der Waals surface area (Å²) in [4.78, 5) is 18.1. The van der Waals surface area contributed by atoms with Crippen molar-refractivity contribution in [1.29, 1.82) is 0 Å². The molecule has 25 heavy (non-hydrogen) atoms. The summed E-state index contributed by atoms with van der Waals surface area (Å²) in [6.07, 6.45) is 4.14. The van der Waals surface area contributed by atoms with Crippen molar-refractivity contribution in [2.75, 3.05) is 18.4 Å². The van der Waals surface area contributed by atoms with Crippen molar-refractivity contribution < 1.29 is 9.21 Å². The highest BCUT2D eigenvalue weighted by Crippen LogP contribution is 2.32. The van der Waals surface area contributed by atoms with Gasteiger partial charge in [0, 0.05) is 16.5 Å². The minimum atomic E-state index is -0.252. The van der Waals surface area contributed by atoms with Gasteiger partial charge in [-0.05, 0) is 75.0 Å². The van der Waals surface area contributed by atoms with Crippen LogP contribution in [0.4, 0.5) is 5.13 Å². The number of fused-ring (bicyclic) bond motifs is 1. The van der Waals surface area contributed by atoms with Crippen LogP contribution in [0.1, 0.15) is 45.3 Å². The third-order valence-corrected chi connectivity index (χ3v) is 5.92. The summed E-state index contributed by atoms with van der Waals surface area (Å²) in [5, 5.41) is 7.81. The minimum Gasteiger partial charge on any atom is -0.451 e. The molecule has 1 fully saturated rings. The first-order valence-corrected chi connectivity index (χ1v) is 9.40. The molecule has 1 aliphatic rings. The average molecular weight is 355 g/mol. The topological polar surface area (TPSA) is 67.2 Å². The van der Waals surface area contributed by atoms with Gasteiger partial charge in [-0.2, -0.15) is 0 Å². The summed E-state index contributed by atoms with van der Waals surface area (Å²) in [6, 6.07) is 5.81. The molecule has 2 aromatic heterocycles. The zero-order valence-electron chi connectivity index (χ0n) is 14.4. The summed E-state index contributed by atoms with van der Waals surface area (Å²) in [7, 11) is 0. The standard InChI is InChI=1S/C19H21N3O2S/c1-11-7-14-9-16(24-15(14)8-12(11)2)18(23)22-19-21-10-17(25-19)13-3-5-20-6-4-13/h7-10,13,20H,3-6H2,1-2H3,(H,21,22,23). The van der Waals surface area contributed by atoms with E-state index in [2.05, 4.69) is 22.5 Å². The van der Waals surface area contributed by atoms with Gasteiger partial charge in [0.15, 0.2) is 10.9 Å². The molecule has 3 aromatic rings. The first-order chi connectivity index (χ1) is 12.1. The van der Waals surface area contributed by atoms with E-state index in [1.807, 2.05) is 25.3 Å². The highest BCUT2D eigenvalue weighted by Gasteiger charge is 2.19. The molecular weight excluding hydrogens is 334 g/mol. The number of carbonyl (C=O) groups is 1. The fourth-order valence-electron chi connectivity index (χ4n) is 3.21. The number of nitrogens with one attached hydrogen (secondary N) is 2. The quantitative estimate of drug-likeness (QED) is 0.738. The van der Waals surface area contributed by atoms with Gasteiger partial charge in [0.25, 0.3) is 5.91 Å². The monoisotopic (exact) mass is 355 g/mol. The summed E-state index contributed by atoms with van der Waals surface area (Å²) in [5.41, 5.74) is 3.08. The number of aryl methyl sites for hydroxylation is 2. The predicted octanol–water partition coefficient (Wildman–Crippen LogP) is 4.23. The van der Waals surface area contributed by atoms with Gasteiger partial charge in [-0.15, -0.1) is 11.3 Å². The number of piperidine rings is 1. The molecule has 1 aliphatic heterocycles. The predicted molar refractivity (Wildman–Crippen MR) is 101 cm³/mol. The number of benzene rings is 1. The van der Waals surface area contributed by atoms with Gasteiger partial charge in [-0.1, -0.05) is 0 Å². The van der Waals surface area contributed by atoms with E-state index in [-0.39, 0.29) is 5.91 Å².